The summed E-state index contributed by atoms with van der Waals surface area (Å²) in [5.41, 5.74) is 2.24. The molecule has 0 radical (unpaired) electrons. The molecule has 168 valence electrons. The number of unbranched alkanes of at least 4 members (excludes halogenated alkanes) is 2. The zero-order valence-corrected chi connectivity index (χ0v) is 19.9. The minimum Gasteiger partial charge on any atom is -0.481 e. The largest absolute Gasteiger partial charge is 0.481 e. The molecule has 2 amide bonds. The first kappa shape index (κ1) is 25.1. The van der Waals surface area contributed by atoms with E-state index in [-0.39, 0.29) is 36.6 Å². The summed E-state index contributed by atoms with van der Waals surface area (Å²) < 4.78 is 0.462. The average molecular weight is 463 g/mol. The normalized spacial score (nSPS) is 15.6. The smallest absolute Gasteiger partial charge is 0.303 e. The van der Waals surface area contributed by atoms with Crippen LogP contribution in [0.1, 0.15) is 64.0 Å². The lowest BCUT2D eigenvalue weighted by Gasteiger charge is -2.18. The molecule has 0 aliphatic carbocycles. The SMILES string of the molecule is CC(C)(C)c1ccc(/C=C2\SC(=S)N(CCC(=O)NCCCCCC(=O)O)C2=O)cc1. The number of thioether (sulfide) groups is 1. The van der Waals surface area contributed by atoms with E-state index < -0.39 is 5.97 Å². The van der Waals surface area contributed by atoms with Gasteiger partial charge in [-0.05, 0) is 35.5 Å². The number of carbonyl (C=O) groups is 3. The number of carbonyl (C=O) groups excluding carboxylic acids is 2. The molecular weight excluding hydrogens is 432 g/mol. The van der Waals surface area contributed by atoms with E-state index in [1.165, 1.54) is 22.2 Å². The number of thiocarbonyl (C=S) groups is 1. The Morgan fingerprint density at radius 2 is 1.81 bits per heavy atom. The molecule has 0 spiro atoms. The first-order valence-corrected chi connectivity index (χ1v) is 11.6. The molecule has 1 aromatic carbocycles. The van der Waals surface area contributed by atoms with Crippen LogP contribution in [0.15, 0.2) is 29.2 Å². The number of rotatable bonds is 10. The van der Waals surface area contributed by atoms with E-state index in [0.29, 0.717) is 22.2 Å². The van der Waals surface area contributed by atoms with Crippen molar-refractivity contribution in [2.45, 2.75) is 58.3 Å². The topological polar surface area (TPSA) is 86.7 Å². The summed E-state index contributed by atoms with van der Waals surface area (Å²) >= 11 is 6.59. The van der Waals surface area contributed by atoms with Gasteiger partial charge in [-0.1, -0.05) is 75.4 Å². The molecule has 8 heteroatoms. The van der Waals surface area contributed by atoms with Crippen molar-refractivity contribution in [2.24, 2.45) is 0 Å². The monoisotopic (exact) mass is 462 g/mol. The highest BCUT2D eigenvalue weighted by Gasteiger charge is 2.32. The van der Waals surface area contributed by atoms with Gasteiger partial charge in [0, 0.05) is 25.9 Å². The van der Waals surface area contributed by atoms with Crippen LogP contribution < -0.4 is 5.32 Å². The second kappa shape index (κ2) is 11.4. The molecule has 31 heavy (non-hydrogen) atoms. The molecule has 1 aliphatic heterocycles. The molecule has 2 N–H and O–H groups in total. The van der Waals surface area contributed by atoms with Crippen LogP contribution in [-0.4, -0.2) is 45.2 Å². The van der Waals surface area contributed by atoms with Crippen LogP contribution in [-0.2, 0) is 19.8 Å². The summed E-state index contributed by atoms with van der Waals surface area (Å²) in [4.78, 5) is 37.2. The molecule has 0 atom stereocenters. The van der Waals surface area contributed by atoms with E-state index in [1.807, 2.05) is 18.2 Å². The van der Waals surface area contributed by atoms with Crippen LogP contribution in [0.2, 0.25) is 0 Å². The first-order chi connectivity index (χ1) is 14.6. The molecule has 0 saturated carbocycles. The molecular formula is C23H30N2O4S2. The predicted octanol–water partition coefficient (Wildman–Crippen LogP) is 4.34. The van der Waals surface area contributed by atoms with Gasteiger partial charge in [0.1, 0.15) is 4.32 Å². The average Bonchev–Trinajstić information content (AvgIpc) is 2.95. The van der Waals surface area contributed by atoms with Gasteiger partial charge in [0.15, 0.2) is 0 Å². The number of aliphatic carboxylic acids is 1. The van der Waals surface area contributed by atoms with E-state index in [0.717, 1.165) is 18.4 Å². The highest BCUT2D eigenvalue weighted by Crippen LogP contribution is 2.33. The Morgan fingerprint density at radius 1 is 1.13 bits per heavy atom. The van der Waals surface area contributed by atoms with Crippen LogP contribution in [0.25, 0.3) is 6.08 Å². The van der Waals surface area contributed by atoms with Gasteiger partial charge in [-0.3, -0.25) is 19.3 Å². The molecule has 1 fully saturated rings. The maximum atomic E-state index is 12.7. The molecule has 0 aromatic heterocycles. The van der Waals surface area contributed by atoms with Crippen LogP contribution in [0.3, 0.4) is 0 Å². The summed E-state index contributed by atoms with van der Waals surface area (Å²) in [6.45, 7) is 7.21. The van der Waals surface area contributed by atoms with Crippen LogP contribution >= 0.6 is 24.0 Å². The third-order valence-electron chi connectivity index (χ3n) is 4.90. The van der Waals surface area contributed by atoms with E-state index in [4.69, 9.17) is 17.3 Å². The highest BCUT2D eigenvalue weighted by molar-refractivity contribution is 8.26. The Morgan fingerprint density at radius 3 is 2.42 bits per heavy atom. The summed E-state index contributed by atoms with van der Waals surface area (Å²) in [6, 6.07) is 8.13. The zero-order valence-electron chi connectivity index (χ0n) is 18.3. The lowest BCUT2D eigenvalue weighted by atomic mass is 9.87. The van der Waals surface area contributed by atoms with Crippen LogP contribution in [0.4, 0.5) is 0 Å². The fraction of sp³-hybridized carbons (Fsp3) is 0.478. The second-order valence-corrected chi connectivity index (χ2v) is 10.2. The summed E-state index contributed by atoms with van der Waals surface area (Å²) in [7, 11) is 0. The maximum Gasteiger partial charge on any atom is 0.303 e. The van der Waals surface area contributed by atoms with Gasteiger partial charge in [0.2, 0.25) is 5.91 Å². The third-order valence-corrected chi connectivity index (χ3v) is 6.28. The molecule has 1 aromatic rings. The van der Waals surface area contributed by atoms with Crippen molar-refractivity contribution in [3.05, 3.63) is 40.3 Å². The molecule has 0 bridgehead atoms. The Kier molecular flexibility index (Phi) is 9.25. The molecule has 1 aliphatic rings. The Labute approximate surface area is 193 Å². The predicted molar refractivity (Wildman–Crippen MR) is 129 cm³/mol. The zero-order chi connectivity index (χ0) is 23.0. The summed E-state index contributed by atoms with van der Waals surface area (Å²) in [5.74, 6) is -1.12. The minimum atomic E-state index is -0.802. The van der Waals surface area contributed by atoms with E-state index >= 15 is 0 Å². The number of hydrogen-bond donors (Lipinski definition) is 2. The molecule has 1 saturated heterocycles. The second-order valence-electron chi connectivity index (χ2n) is 8.51. The van der Waals surface area contributed by atoms with E-state index in [9.17, 15) is 14.4 Å². The van der Waals surface area contributed by atoms with Crippen LogP contribution in [0, 0.1) is 0 Å². The van der Waals surface area contributed by atoms with Gasteiger partial charge in [0.25, 0.3) is 5.91 Å². The van der Waals surface area contributed by atoms with E-state index in [1.54, 1.807) is 0 Å². The number of hydrogen-bond acceptors (Lipinski definition) is 5. The fourth-order valence-electron chi connectivity index (χ4n) is 3.03. The third kappa shape index (κ3) is 8.10. The van der Waals surface area contributed by atoms with Gasteiger partial charge in [-0.2, -0.15) is 0 Å². The minimum absolute atomic E-state index is 0.0704. The first-order valence-electron chi connectivity index (χ1n) is 10.4. The highest BCUT2D eigenvalue weighted by atomic mass is 32.2. The van der Waals surface area contributed by atoms with Crippen LogP contribution in [0.5, 0.6) is 0 Å². The van der Waals surface area contributed by atoms with Crippen molar-refractivity contribution in [3.8, 4) is 0 Å². The van der Waals surface area contributed by atoms with Crippen molar-refractivity contribution >= 4 is 52.2 Å². The van der Waals surface area contributed by atoms with Gasteiger partial charge in [-0.15, -0.1) is 0 Å². The van der Waals surface area contributed by atoms with Gasteiger partial charge < -0.3 is 10.4 Å². The van der Waals surface area contributed by atoms with Crippen molar-refractivity contribution in [3.63, 3.8) is 0 Å². The van der Waals surface area contributed by atoms with Gasteiger partial charge in [-0.25, -0.2) is 0 Å². The quantitative estimate of drug-likeness (QED) is 0.306. The van der Waals surface area contributed by atoms with Crippen molar-refractivity contribution in [1.29, 1.82) is 0 Å². The van der Waals surface area contributed by atoms with Crippen molar-refractivity contribution < 1.29 is 19.5 Å². The number of carboxylic acids is 1. The van der Waals surface area contributed by atoms with Gasteiger partial charge >= 0.3 is 5.97 Å². The van der Waals surface area contributed by atoms with Crippen molar-refractivity contribution in [2.75, 3.05) is 13.1 Å². The number of amides is 2. The Balaban J connectivity index is 1.81. The van der Waals surface area contributed by atoms with Crippen molar-refractivity contribution in [1.82, 2.24) is 10.2 Å². The standard InChI is InChI=1S/C23H30N2O4S2/c1-23(2,3)17-10-8-16(9-11-17)15-18-21(29)25(22(30)31-18)14-12-19(26)24-13-6-4-5-7-20(27)28/h8-11,15H,4-7,12-14H2,1-3H3,(H,24,26)(H,27,28)/b18-15-. The van der Waals surface area contributed by atoms with E-state index in [2.05, 4.69) is 38.2 Å². The van der Waals surface area contributed by atoms with Gasteiger partial charge in [0.05, 0.1) is 4.91 Å². The fourth-order valence-corrected chi connectivity index (χ4v) is 4.34. The number of nitrogens with zero attached hydrogens (tertiary/aromatic N) is 1. The summed E-state index contributed by atoms with van der Waals surface area (Å²) in [6.07, 6.45) is 4.25. The Hall–Kier alpha value is -2.19. The molecule has 1 heterocycles. The number of carboxylic acid groups (broad SMARTS) is 1. The maximum absolute atomic E-state index is 12.7. The lowest BCUT2D eigenvalue weighted by molar-refractivity contribution is -0.137. The lowest BCUT2D eigenvalue weighted by Crippen LogP contribution is -2.33. The molecule has 0 unspecified atom stereocenters. The number of benzene rings is 1. The Bertz CT molecular complexity index is 857. The number of nitrogens with one attached hydrogen (secondary N) is 1. The molecule has 6 nitrogen and oxygen atoms in total. The molecule has 2 rings (SSSR count). The summed E-state index contributed by atoms with van der Waals surface area (Å²) in [5, 5.41) is 11.4.